The smallest absolute Gasteiger partial charge is 0.305 e. The van der Waals surface area contributed by atoms with Crippen LogP contribution < -0.4 is 0 Å². The number of alkyl halides is 3. The van der Waals surface area contributed by atoms with Crippen molar-refractivity contribution in [3.63, 3.8) is 0 Å². The molecule has 2 atom stereocenters. The second kappa shape index (κ2) is 8.76. The molecule has 3 heterocycles. The van der Waals surface area contributed by atoms with Crippen molar-refractivity contribution in [1.29, 1.82) is 0 Å². The van der Waals surface area contributed by atoms with Gasteiger partial charge in [-0.05, 0) is 73.5 Å². The van der Waals surface area contributed by atoms with Gasteiger partial charge < -0.3 is 9.47 Å². The molecule has 5 nitrogen and oxygen atoms in total. The Labute approximate surface area is 195 Å². The lowest BCUT2D eigenvalue weighted by Crippen LogP contribution is -2.23. The Morgan fingerprint density at radius 2 is 1.85 bits per heavy atom. The first-order valence-electron chi connectivity index (χ1n) is 11.2. The van der Waals surface area contributed by atoms with Crippen molar-refractivity contribution in [1.82, 2.24) is 24.6 Å². The lowest BCUT2D eigenvalue weighted by molar-refractivity contribution is -0.137. The van der Waals surface area contributed by atoms with Crippen LogP contribution in [-0.4, -0.2) is 50.0 Å². The highest BCUT2D eigenvalue weighted by molar-refractivity contribution is 7.99. The van der Waals surface area contributed by atoms with Gasteiger partial charge >= 0.3 is 6.18 Å². The predicted molar refractivity (Wildman–Crippen MR) is 122 cm³/mol. The summed E-state index contributed by atoms with van der Waals surface area (Å²) in [6, 6.07) is 9.63. The van der Waals surface area contributed by atoms with Crippen LogP contribution in [0, 0.1) is 5.41 Å². The van der Waals surface area contributed by atoms with E-state index in [1.807, 2.05) is 23.7 Å². The minimum Gasteiger partial charge on any atom is -0.305 e. The molecule has 174 valence electrons. The van der Waals surface area contributed by atoms with Gasteiger partial charge in [-0.3, -0.25) is 4.98 Å². The average Bonchev–Trinajstić information content (AvgIpc) is 3.15. The van der Waals surface area contributed by atoms with Crippen LogP contribution in [0.1, 0.15) is 36.3 Å². The quantitative estimate of drug-likeness (QED) is 0.346. The second-order valence-electron chi connectivity index (χ2n) is 9.07. The Bertz CT molecular complexity index is 1100. The van der Waals surface area contributed by atoms with Crippen molar-refractivity contribution in [2.45, 2.75) is 36.5 Å². The van der Waals surface area contributed by atoms with Crippen molar-refractivity contribution >= 4 is 11.8 Å². The largest absolute Gasteiger partial charge is 0.416 e. The summed E-state index contributed by atoms with van der Waals surface area (Å²) in [7, 11) is 1.98. The zero-order valence-corrected chi connectivity index (χ0v) is 19.2. The fourth-order valence-electron chi connectivity index (χ4n) is 4.99. The van der Waals surface area contributed by atoms with Crippen LogP contribution in [-0.2, 0) is 13.2 Å². The van der Waals surface area contributed by atoms with Gasteiger partial charge in [-0.1, -0.05) is 23.9 Å². The molecule has 2 fully saturated rings. The van der Waals surface area contributed by atoms with E-state index < -0.39 is 11.7 Å². The van der Waals surface area contributed by atoms with E-state index in [0.29, 0.717) is 5.92 Å². The van der Waals surface area contributed by atoms with Gasteiger partial charge in [-0.2, -0.15) is 13.2 Å². The molecular formula is C24H26F3N5S. The van der Waals surface area contributed by atoms with E-state index >= 15 is 0 Å². The van der Waals surface area contributed by atoms with E-state index in [4.69, 9.17) is 0 Å². The number of rotatable bonds is 7. The molecule has 1 saturated heterocycles. The van der Waals surface area contributed by atoms with Gasteiger partial charge in [0.25, 0.3) is 0 Å². The van der Waals surface area contributed by atoms with Crippen molar-refractivity contribution < 1.29 is 13.2 Å². The molecule has 0 radical (unpaired) electrons. The fourth-order valence-corrected chi connectivity index (χ4v) is 5.83. The van der Waals surface area contributed by atoms with Crippen LogP contribution in [0.3, 0.4) is 0 Å². The summed E-state index contributed by atoms with van der Waals surface area (Å²) in [5.41, 5.74) is 1.74. The molecule has 1 aliphatic carbocycles. The van der Waals surface area contributed by atoms with Crippen LogP contribution in [0.5, 0.6) is 0 Å². The van der Waals surface area contributed by atoms with Crippen molar-refractivity contribution in [2.75, 3.05) is 25.4 Å². The highest BCUT2D eigenvalue weighted by Gasteiger charge is 2.57. The molecule has 33 heavy (non-hydrogen) atoms. The third-order valence-electron chi connectivity index (χ3n) is 6.92. The molecule has 0 N–H and O–H groups in total. The van der Waals surface area contributed by atoms with Crippen LogP contribution in [0.15, 0.2) is 53.9 Å². The van der Waals surface area contributed by atoms with E-state index in [2.05, 4.69) is 20.1 Å². The monoisotopic (exact) mass is 473 g/mol. The number of halogens is 3. The zero-order chi connectivity index (χ0) is 23.1. The molecule has 1 spiro atoms. The van der Waals surface area contributed by atoms with E-state index in [0.717, 1.165) is 66.8 Å². The van der Waals surface area contributed by atoms with E-state index in [1.165, 1.54) is 12.1 Å². The lowest BCUT2D eigenvalue weighted by atomic mass is 9.97. The molecule has 1 unspecified atom stereocenters. The number of hydrogen-bond acceptors (Lipinski definition) is 5. The van der Waals surface area contributed by atoms with Gasteiger partial charge in [0.1, 0.15) is 0 Å². The summed E-state index contributed by atoms with van der Waals surface area (Å²) in [5.74, 6) is 2.20. The molecule has 1 aliphatic heterocycles. The number of pyridine rings is 1. The van der Waals surface area contributed by atoms with Gasteiger partial charge in [0, 0.05) is 37.3 Å². The SMILES string of the molecule is Cn1c(SCCCN2CCC3(C[C@@H]3c3ccc(C(F)(F)F)cc3)C2)nnc1-c1ccncc1. The average molecular weight is 474 g/mol. The highest BCUT2D eigenvalue weighted by Crippen LogP contribution is 2.64. The predicted octanol–water partition coefficient (Wildman–Crippen LogP) is 5.26. The Hall–Kier alpha value is -2.39. The molecular weight excluding hydrogens is 447 g/mol. The Morgan fingerprint density at radius 1 is 1.09 bits per heavy atom. The Kier molecular flexibility index (Phi) is 5.95. The van der Waals surface area contributed by atoms with Gasteiger partial charge in [-0.15, -0.1) is 10.2 Å². The summed E-state index contributed by atoms with van der Waals surface area (Å²) in [6.45, 7) is 3.14. The number of aromatic nitrogens is 4. The summed E-state index contributed by atoms with van der Waals surface area (Å²) >= 11 is 1.72. The Balaban J connectivity index is 1.09. The molecule has 2 aromatic heterocycles. The van der Waals surface area contributed by atoms with Crippen LogP contribution in [0.25, 0.3) is 11.4 Å². The summed E-state index contributed by atoms with van der Waals surface area (Å²) in [6.07, 6.45) is 2.50. The van der Waals surface area contributed by atoms with Crippen LogP contribution in [0.2, 0.25) is 0 Å². The first kappa shape index (κ1) is 22.4. The minimum absolute atomic E-state index is 0.260. The van der Waals surface area contributed by atoms with E-state index in [9.17, 15) is 13.2 Å². The third kappa shape index (κ3) is 4.66. The number of hydrogen-bond donors (Lipinski definition) is 0. The standard InChI is InChI=1S/C24H26F3N5S/c1-31-21(18-7-10-28-11-8-18)29-30-22(31)33-14-2-12-32-13-9-23(16-32)15-20(23)17-3-5-19(6-4-17)24(25,26)27/h3-8,10-11,20H,2,9,12-16H2,1H3/t20-,23?/m1/s1. The van der Waals surface area contributed by atoms with Crippen molar-refractivity contribution in [3.05, 3.63) is 59.9 Å². The van der Waals surface area contributed by atoms with Gasteiger partial charge in [0.2, 0.25) is 0 Å². The third-order valence-corrected chi connectivity index (χ3v) is 8.02. The number of likely N-dealkylation sites (tertiary alicyclic amines) is 1. The van der Waals surface area contributed by atoms with Crippen molar-refractivity contribution in [2.24, 2.45) is 12.5 Å². The maximum Gasteiger partial charge on any atom is 0.416 e. The van der Waals surface area contributed by atoms with Crippen molar-refractivity contribution in [3.8, 4) is 11.4 Å². The number of thioether (sulfide) groups is 1. The zero-order valence-electron chi connectivity index (χ0n) is 18.4. The van der Waals surface area contributed by atoms with Gasteiger partial charge in [0.05, 0.1) is 5.56 Å². The first-order valence-corrected chi connectivity index (χ1v) is 12.2. The Morgan fingerprint density at radius 3 is 2.58 bits per heavy atom. The number of nitrogens with zero attached hydrogens (tertiary/aromatic N) is 5. The summed E-state index contributed by atoms with van der Waals surface area (Å²) in [4.78, 5) is 6.55. The van der Waals surface area contributed by atoms with E-state index in [-0.39, 0.29) is 5.41 Å². The van der Waals surface area contributed by atoms with Gasteiger partial charge in [0.15, 0.2) is 11.0 Å². The molecule has 3 aromatic rings. The van der Waals surface area contributed by atoms with Crippen LogP contribution >= 0.6 is 11.8 Å². The topological polar surface area (TPSA) is 46.8 Å². The minimum atomic E-state index is -4.27. The highest BCUT2D eigenvalue weighted by atomic mass is 32.2. The lowest BCUT2D eigenvalue weighted by Gasteiger charge is -2.16. The fraction of sp³-hybridized carbons (Fsp3) is 0.458. The molecule has 5 rings (SSSR count). The number of benzene rings is 1. The molecule has 1 saturated carbocycles. The summed E-state index contributed by atoms with van der Waals surface area (Å²) < 4.78 is 40.5. The molecule has 0 bridgehead atoms. The molecule has 2 aliphatic rings. The molecule has 0 amide bonds. The van der Waals surface area contributed by atoms with Crippen LogP contribution in [0.4, 0.5) is 13.2 Å². The maximum absolute atomic E-state index is 12.8. The molecule has 9 heteroatoms. The first-order chi connectivity index (χ1) is 15.9. The molecule has 1 aromatic carbocycles. The summed E-state index contributed by atoms with van der Waals surface area (Å²) in [5, 5.41) is 9.55. The van der Waals surface area contributed by atoms with E-state index in [1.54, 1.807) is 36.3 Å². The normalized spacial score (nSPS) is 22.8. The second-order valence-corrected chi connectivity index (χ2v) is 10.1. The van der Waals surface area contributed by atoms with Gasteiger partial charge in [-0.25, -0.2) is 0 Å². The maximum atomic E-state index is 12.8.